The van der Waals surface area contributed by atoms with Crippen LogP contribution in [0.15, 0.2) is 18.2 Å². The fraction of sp³-hybridized carbons (Fsp3) is 0.364. The van der Waals surface area contributed by atoms with E-state index in [9.17, 15) is 4.79 Å². The number of halogens is 1. The van der Waals surface area contributed by atoms with Crippen LogP contribution in [0.5, 0.6) is 0 Å². The van der Waals surface area contributed by atoms with E-state index in [4.69, 9.17) is 22.1 Å². The van der Waals surface area contributed by atoms with Crippen molar-refractivity contribution in [3.8, 4) is 0 Å². The van der Waals surface area contributed by atoms with Gasteiger partial charge in [0, 0.05) is 10.7 Å². The minimum absolute atomic E-state index is 0.0656. The maximum atomic E-state index is 11.7. The van der Waals surface area contributed by atoms with Gasteiger partial charge in [-0.2, -0.15) is 0 Å². The Labute approximate surface area is 93.2 Å². The van der Waals surface area contributed by atoms with Gasteiger partial charge in [0.25, 0.3) is 0 Å². The van der Waals surface area contributed by atoms with Crippen molar-refractivity contribution in [3.63, 3.8) is 0 Å². The number of nitrogen functional groups attached to an aromatic ring is 1. The summed E-state index contributed by atoms with van der Waals surface area (Å²) >= 11 is 5.78. The van der Waals surface area contributed by atoms with Crippen LogP contribution in [0.1, 0.15) is 29.6 Å². The molecule has 0 amide bonds. The molecule has 0 bridgehead atoms. The third-order valence-electron chi connectivity index (χ3n) is 2.56. The summed E-state index contributed by atoms with van der Waals surface area (Å²) in [7, 11) is 0. The molecule has 15 heavy (non-hydrogen) atoms. The minimum atomic E-state index is -0.375. The van der Waals surface area contributed by atoms with E-state index < -0.39 is 0 Å². The molecule has 3 nitrogen and oxygen atoms in total. The summed E-state index contributed by atoms with van der Waals surface area (Å²) in [6.45, 7) is 0. The Hall–Kier alpha value is -1.22. The molecule has 1 fully saturated rings. The predicted octanol–water partition coefficient (Wildman–Crippen LogP) is 2.63. The van der Waals surface area contributed by atoms with Gasteiger partial charge in [0.2, 0.25) is 0 Å². The van der Waals surface area contributed by atoms with Gasteiger partial charge in [-0.15, -0.1) is 0 Å². The van der Waals surface area contributed by atoms with Crippen LogP contribution in [0.2, 0.25) is 5.02 Å². The normalized spacial score (nSPS) is 15.8. The Morgan fingerprint density at radius 1 is 1.47 bits per heavy atom. The second kappa shape index (κ2) is 4.11. The number of rotatable bonds is 2. The van der Waals surface area contributed by atoms with Gasteiger partial charge in [0.15, 0.2) is 0 Å². The fourth-order valence-electron chi connectivity index (χ4n) is 1.41. The van der Waals surface area contributed by atoms with Crippen molar-refractivity contribution in [3.05, 3.63) is 28.8 Å². The number of ether oxygens (including phenoxy) is 1. The molecule has 1 aliphatic carbocycles. The van der Waals surface area contributed by atoms with Gasteiger partial charge in [-0.25, -0.2) is 4.79 Å². The Kier molecular flexibility index (Phi) is 2.82. The van der Waals surface area contributed by atoms with Crippen LogP contribution < -0.4 is 5.73 Å². The van der Waals surface area contributed by atoms with Gasteiger partial charge in [0.05, 0.1) is 5.56 Å². The first kappa shape index (κ1) is 10.3. The van der Waals surface area contributed by atoms with E-state index in [1.165, 1.54) is 6.07 Å². The average molecular weight is 226 g/mol. The van der Waals surface area contributed by atoms with Gasteiger partial charge < -0.3 is 10.5 Å². The Bertz CT molecular complexity index is 388. The van der Waals surface area contributed by atoms with E-state index in [2.05, 4.69) is 0 Å². The lowest BCUT2D eigenvalue weighted by Gasteiger charge is -2.25. The molecule has 1 aromatic rings. The lowest BCUT2D eigenvalue weighted by molar-refractivity contribution is 0.00913. The van der Waals surface area contributed by atoms with Crippen molar-refractivity contribution in [2.45, 2.75) is 25.4 Å². The molecule has 0 spiro atoms. The van der Waals surface area contributed by atoms with E-state index in [-0.39, 0.29) is 12.1 Å². The third-order valence-corrected chi connectivity index (χ3v) is 2.80. The van der Waals surface area contributed by atoms with Gasteiger partial charge in [-0.1, -0.05) is 11.6 Å². The zero-order valence-electron chi connectivity index (χ0n) is 8.20. The summed E-state index contributed by atoms with van der Waals surface area (Å²) in [4.78, 5) is 11.7. The molecule has 0 heterocycles. The molecule has 0 atom stereocenters. The largest absolute Gasteiger partial charge is 0.459 e. The number of hydrogen-bond donors (Lipinski definition) is 1. The van der Waals surface area contributed by atoms with Gasteiger partial charge in [0.1, 0.15) is 6.10 Å². The van der Waals surface area contributed by atoms with Crippen molar-refractivity contribution in [1.29, 1.82) is 0 Å². The van der Waals surface area contributed by atoms with Gasteiger partial charge >= 0.3 is 5.97 Å². The SMILES string of the molecule is Nc1ccc(Cl)cc1C(=O)OC1CCC1. The molecule has 0 unspecified atom stereocenters. The van der Waals surface area contributed by atoms with Crippen molar-refractivity contribution in [2.75, 3.05) is 5.73 Å². The highest BCUT2D eigenvalue weighted by molar-refractivity contribution is 6.31. The highest BCUT2D eigenvalue weighted by Crippen LogP contribution is 2.25. The molecule has 0 aromatic heterocycles. The summed E-state index contributed by atoms with van der Waals surface area (Å²) in [5.74, 6) is -0.375. The van der Waals surface area contributed by atoms with Crippen LogP contribution >= 0.6 is 11.6 Å². The second-order valence-corrected chi connectivity index (χ2v) is 4.13. The van der Waals surface area contributed by atoms with Crippen LogP contribution in [-0.4, -0.2) is 12.1 Å². The molecule has 80 valence electrons. The van der Waals surface area contributed by atoms with Crippen molar-refractivity contribution in [2.24, 2.45) is 0 Å². The van der Waals surface area contributed by atoms with Crippen LogP contribution in [0.3, 0.4) is 0 Å². The zero-order valence-corrected chi connectivity index (χ0v) is 8.96. The lowest BCUT2D eigenvalue weighted by atomic mass is 9.96. The number of nitrogens with two attached hydrogens (primary N) is 1. The zero-order chi connectivity index (χ0) is 10.8. The molecule has 1 aromatic carbocycles. The first-order chi connectivity index (χ1) is 7.16. The van der Waals surface area contributed by atoms with Gasteiger partial charge in [-0.3, -0.25) is 0 Å². The fourth-order valence-corrected chi connectivity index (χ4v) is 1.58. The predicted molar refractivity (Wildman–Crippen MR) is 58.9 cm³/mol. The topological polar surface area (TPSA) is 52.3 Å². The monoisotopic (exact) mass is 225 g/mol. The lowest BCUT2D eigenvalue weighted by Crippen LogP contribution is -2.25. The van der Waals surface area contributed by atoms with E-state index in [1.54, 1.807) is 12.1 Å². The van der Waals surface area contributed by atoms with Crippen molar-refractivity contribution in [1.82, 2.24) is 0 Å². The number of carbonyl (C=O) groups excluding carboxylic acids is 1. The summed E-state index contributed by atoms with van der Waals surface area (Å²) in [6.07, 6.45) is 3.09. The number of esters is 1. The average Bonchev–Trinajstić information content (AvgIpc) is 2.15. The molecule has 2 N–H and O–H groups in total. The maximum Gasteiger partial charge on any atom is 0.340 e. The summed E-state index contributed by atoms with van der Waals surface area (Å²) in [6, 6.07) is 4.80. The number of benzene rings is 1. The molecule has 1 aliphatic rings. The maximum absolute atomic E-state index is 11.7. The highest BCUT2D eigenvalue weighted by atomic mass is 35.5. The molecule has 4 heteroatoms. The molecule has 2 rings (SSSR count). The van der Waals surface area contributed by atoms with E-state index in [0.717, 1.165) is 19.3 Å². The first-order valence-corrected chi connectivity index (χ1v) is 5.30. The van der Waals surface area contributed by atoms with E-state index >= 15 is 0 Å². The molecule has 1 saturated carbocycles. The second-order valence-electron chi connectivity index (χ2n) is 3.69. The highest BCUT2D eigenvalue weighted by Gasteiger charge is 2.23. The molecule has 0 aliphatic heterocycles. The summed E-state index contributed by atoms with van der Waals surface area (Å²) in [5.41, 5.74) is 6.43. The summed E-state index contributed by atoms with van der Waals surface area (Å²) in [5, 5.41) is 0.491. The van der Waals surface area contributed by atoms with Crippen molar-refractivity contribution >= 4 is 23.3 Å². The minimum Gasteiger partial charge on any atom is -0.459 e. The van der Waals surface area contributed by atoms with Crippen LogP contribution in [0, 0.1) is 0 Å². The number of hydrogen-bond acceptors (Lipinski definition) is 3. The van der Waals surface area contributed by atoms with E-state index in [1.807, 2.05) is 0 Å². The van der Waals surface area contributed by atoms with Gasteiger partial charge in [-0.05, 0) is 37.5 Å². The summed E-state index contributed by atoms with van der Waals surface area (Å²) < 4.78 is 5.23. The van der Waals surface area contributed by atoms with Crippen LogP contribution in [0.25, 0.3) is 0 Å². The smallest absolute Gasteiger partial charge is 0.340 e. The Morgan fingerprint density at radius 3 is 2.80 bits per heavy atom. The third kappa shape index (κ3) is 2.23. The van der Waals surface area contributed by atoms with E-state index in [0.29, 0.717) is 16.3 Å². The number of anilines is 1. The molecular formula is C11H12ClNO2. The first-order valence-electron chi connectivity index (χ1n) is 4.93. The Morgan fingerprint density at radius 2 is 2.20 bits per heavy atom. The quantitative estimate of drug-likeness (QED) is 0.622. The molecule has 0 radical (unpaired) electrons. The molecule has 0 saturated heterocycles. The number of carbonyl (C=O) groups is 1. The standard InChI is InChI=1S/C11H12ClNO2/c12-7-4-5-10(13)9(6-7)11(14)15-8-2-1-3-8/h4-6,8H,1-3,13H2. The van der Waals surface area contributed by atoms with Crippen LogP contribution in [0.4, 0.5) is 5.69 Å². The Balaban J connectivity index is 2.12. The van der Waals surface area contributed by atoms with Crippen LogP contribution in [-0.2, 0) is 4.74 Å². The van der Waals surface area contributed by atoms with Crippen molar-refractivity contribution < 1.29 is 9.53 Å². The molecular weight excluding hydrogens is 214 g/mol.